The van der Waals surface area contributed by atoms with Crippen LogP contribution < -0.4 is 0 Å². The van der Waals surface area contributed by atoms with Gasteiger partial charge < -0.3 is 0 Å². The number of hydrogen-bond acceptors (Lipinski definition) is 6. The molecule has 8 rings (SSSR count). The van der Waals surface area contributed by atoms with Crippen LogP contribution in [0.25, 0.3) is 78.7 Å². The minimum atomic E-state index is 0.515. The molecule has 1 aromatic heterocycles. The Morgan fingerprint density at radius 1 is 0.278 bits per heavy atom. The molecule has 250 valence electrons. The molecule has 0 atom stereocenters. The third kappa shape index (κ3) is 6.85. The molecule has 6 nitrogen and oxygen atoms in total. The lowest BCUT2D eigenvalue weighted by Gasteiger charge is -2.14. The van der Waals surface area contributed by atoms with E-state index in [9.17, 15) is 15.8 Å². The van der Waals surface area contributed by atoms with Crippen LogP contribution in [-0.4, -0.2) is 15.0 Å². The molecule has 0 amide bonds. The summed E-state index contributed by atoms with van der Waals surface area (Å²) >= 11 is 0. The van der Waals surface area contributed by atoms with Crippen LogP contribution in [-0.2, 0) is 0 Å². The van der Waals surface area contributed by atoms with E-state index in [-0.39, 0.29) is 0 Å². The number of hydrogen-bond donors (Lipinski definition) is 0. The monoisotopic (exact) mass is 688 g/mol. The Balaban J connectivity index is 1.17. The van der Waals surface area contributed by atoms with E-state index in [4.69, 9.17) is 15.0 Å². The summed E-state index contributed by atoms with van der Waals surface area (Å²) in [5.41, 5.74) is 12.5. The van der Waals surface area contributed by atoms with E-state index >= 15 is 0 Å². The van der Waals surface area contributed by atoms with Crippen LogP contribution in [0, 0.1) is 34.0 Å². The van der Waals surface area contributed by atoms with E-state index in [1.807, 2.05) is 103 Å². The predicted molar refractivity (Wildman–Crippen MR) is 212 cm³/mol. The molecular formula is C48H28N6. The maximum absolute atomic E-state index is 9.39. The maximum Gasteiger partial charge on any atom is 0.164 e. The normalized spacial score (nSPS) is 10.5. The minimum Gasteiger partial charge on any atom is -0.208 e. The molecule has 0 aliphatic heterocycles. The average Bonchev–Trinajstić information content (AvgIpc) is 3.26. The summed E-state index contributed by atoms with van der Waals surface area (Å²) in [4.78, 5) is 14.7. The second kappa shape index (κ2) is 14.7. The van der Waals surface area contributed by atoms with E-state index in [0.29, 0.717) is 34.2 Å². The zero-order chi connectivity index (χ0) is 36.9. The highest BCUT2D eigenvalue weighted by atomic mass is 15.0. The van der Waals surface area contributed by atoms with Crippen molar-refractivity contribution in [2.24, 2.45) is 0 Å². The number of nitriles is 3. The molecule has 0 bridgehead atoms. The lowest BCUT2D eigenvalue weighted by Crippen LogP contribution is -2.00. The van der Waals surface area contributed by atoms with Crippen molar-refractivity contribution in [1.82, 2.24) is 15.0 Å². The zero-order valence-electron chi connectivity index (χ0n) is 28.8. The standard InChI is InChI=1S/C48H28N6/c49-29-32-6-12-38(13-7-32)44-27-26-43(28-45(44)39-14-8-33(30-50)9-15-39)37-20-24-42(25-21-37)48-53-46(40-16-10-34(31-51)11-17-40)52-47(54-48)41-22-18-36(19-23-41)35-4-2-1-3-5-35/h1-28H. The third-order valence-corrected chi connectivity index (χ3v) is 9.30. The Labute approximate surface area is 313 Å². The Morgan fingerprint density at radius 3 is 1.02 bits per heavy atom. The number of rotatable bonds is 7. The summed E-state index contributed by atoms with van der Waals surface area (Å²) in [6.07, 6.45) is 0. The highest BCUT2D eigenvalue weighted by molar-refractivity contribution is 5.87. The molecule has 0 radical (unpaired) electrons. The predicted octanol–water partition coefficient (Wildman–Crippen LogP) is 11.2. The quantitative estimate of drug-likeness (QED) is 0.165. The third-order valence-electron chi connectivity index (χ3n) is 9.30. The van der Waals surface area contributed by atoms with Crippen molar-refractivity contribution in [3.63, 3.8) is 0 Å². The molecule has 0 fully saturated rings. The zero-order valence-corrected chi connectivity index (χ0v) is 28.8. The Morgan fingerprint density at radius 2 is 0.593 bits per heavy atom. The van der Waals surface area contributed by atoms with Gasteiger partial charge in [0.2, 0.25) is 0 Å². The van der Waals surface area contributed by atoms with Gasteiger partial charge in [0, 0.05) is 16.7 Å². The first-order valence-electron chi connectivity index (χ1n) is 17.3. The molecule has 6 heteroatoms. The van der Waals surface area contributed by atoms with Crippen molar-refractivity contribution in [2.45, 2.75) is 0 Å². The highest BCUT2D eigenvalue weighted by Crippen LogP contribution is 2.37. The van der Waals surface area contributed by atoms with Gasteiger partial charge >= 0.3 is 0 Å². The molecule has 0 spiro atoms. The highest BCUT2D eigenvalue weighted by Gasteiger charge is 2.15. The van der Waals surface area contributed by atoms with Crippen molar-refractivity contribution < 1.29 is 0 Å². The van der Waals surface area contributed by atoms with Crippen molar-refractivity contribution in [2.75, 3.05) is 0 Å². The lowest BCUT2D eigenvalue weighted by atomic mass is 9.90. The van der Waals surface area contributed by atoms with Crippen LogP contribution in [0.15, 0.2) is 170 Å². The van der Waals surface area contributed by atoms with Crippen molar-refractivity contribution in [3.8, 4) is 96.9 Å². The first kappa shape index (κ1) is 33.2. The van der Waals surface area contributed by atoms with E-state index < -0.39 is 0 Å². The van der Waals surface area contributed by atoms with Gasteiger partial charge in [-0.15, -0.1) is 0 Å². The van der Waals surface area contributed by atoms with Gasteiger partial charge in [-0.2, -0.15) is 15.8 Å². The molecule has 0 saturated carbocycles. The first-order valence-corrected chi connectivity index (χ1v) is 17.3. The molecule has 0 aliphatic carbocycles. The fraction of sp³-hybridized carbons (Fsp3) is 0. The van der Waals surface area contributed by atoms with Crippen LogP contribution >= 0.6 is 0 Å². The molecule has 0 aliphatic rings. The number of nitrogens with zero attached hydrogens (tertiary/aromatic N) is 6. The van der Waals surface area contributed by atoms with Gasteiger partial charge in [0.1, 0.15) is 0 Å². The summed E-state index contributed by atoms with van der Waals surface area (Å²) < 4.78 is 0. The Hall–Kier alpha value is -7.98. The van der Waals surface area contributed by atoms with Gasteiger partial charge in [0.25, 0.3) is 0 Å². The summed E-state index contributed by atoms with van der Waals surface area (Å²) in [5, 5.41) is 28.1. The topological polar surface area (TPSA) is 110 Å². The fourth-order valence-electron chi connectivity index (χ4n) is 6.37. The van der Waals surface area contributed by atoms with Crippen molar-refractivity contribution in [3.05, 3.63) is 187 Å². The first-order chi connectivity index (χ1) is 26.6. The van der Waals surface area contributed by atoms with Gasteiger partial charge in [-0.3, -0.25) is 0 Å². The fourth-order valence-corrected chi connectivity index (χ4v) is 6.37. The number of benzene rings is 7. The average molecular weight is 689 g/mol. The maximum atomic E-state index is 9.39. The molecule has 54 heavy (non-hydrogen) atoms. The van der Waals surface area contributed by atoms with Gasteiger partial charge in [0.15, 0.2) is 17.5 Å². The second-order valence-electron chi connectivity index (χ2n) is 12.7. The molecular weight excluding hydrogens is 661 g/mol. The van der Waals surface area contributed by atoms with E-state index in [2.05, 4.69) is 72.8 Å². The molecule has 0 unspecified atom stereocenters. The summed E-state index contributed by atoms with van der Waals surface area (Å²) in [6.45, 7) is 0. The molecule has 0 N–H and O–H groups in total. The van der Waals surface area contributed by atoms with E-state index in [0.717, 1.165) is 61.2 Å². The Bertz CT molecular complexity index is 2730. The summed E-state index contributed by atoms with van der Waals surface area (Å²) in [6, 6.07) is 61.9. The smallest absolute Gasteiger partial charge is 0.164 e. The molecule has 0 saturated heterocycles. The van der Waals surface area contributed by atoms with Crippen LogP contribution in [0.3, 0.4) is 0 Å². The SMILES string of the molecule is N#Cc1ccc(-c2nc(-c3ccc(-c4ccccc4)cc3)nc(-c3ccc(-c4ccc(-c5ccc(C#N)cc5)c(-c5ccc(C#N)cc5)c4)cc3)n2)cc1. The lowest BCUT2D eigenvalue weighted by molar-refractivity contribution is 1.07. The van der Waals surface area contributed by atoms with Gasteiger partial charge in [-0.05, 0) is 99.1 Å². The van der Waals surface area contributed by atoms with Crippen LogP contribution in [0.1, 0.15) is 16.7 Å². The summed E-state index contributed by atoms with van der Waals surface area (Å²) in [7, 11) is 0. The van der Waals surface area contributed by atoms with E-state index in [1.165, 1.54) is 0 Å². The van der Waals surface area contributed by atoms with Crippen LogP contribution in [0.4, 0.5) is 0 Å². The van der Waals surface area contributed by atoms with E-state index in [1.54, 1.807) is 12.1 Å². The molecule has 1 heterocycles. The number of aromatic nitrogens is 3. The van der Waals surface area contributed by atoms with Crippen LogP contribution in [0.2, 0.25) is 0 Å². The molecule has 8 aromatic rings. The minimum absolute atomic E-state index is 0.515. The largest absolute Gasteiger partial charge is 0.208 e. The Kier molecular flexibility index (Phi) is 9.04. The van der Waals surface area contributed by atoms with Gasteiger partial charge in [0.05, 0.1) is 34.9 Å². The van der Waals surface area contributed by atoms with Crippen molar-refractivity contribution >= 4 is 0 Å². The summed E-state index contributed by atoms with van der Waals surface area (Å²) in [5.74, 6) is 1.60. The van der Waals surface area contributed by atoms with Crippen molar-refractivity contribution in [1.29, 1.82) is 15.8 Å². The van der Waals surface area contributed by atoms with Gasteiger partial charge in [-0.25, -0.2) is 15.0 Å². The van der Waals surface area contributed by atoms with Crippen LogP contribution in [0.5, 0.6) is 0 Å². The molecule has 7 aromatic carbocycles. The van der Waals surface area contributed by atoms with Gasteiger partial charge in [-0.1, -0.05) is 115 Å². The second-order valence-corrected chi connectivity index (χ2v) is 12.7.